The number of rotatable bonds is 19. The van der Waals surface area contributed by atoms with Crippen LogP contribution < -0.4 is 0 Å². The number of aromatic amines is 1. The largest absolute Gasteiger partial charge is 0.481 e. The summed E-state index contributed by atoms with van der Waals surface area (Å²) >= 11 is 0. The van der Waals surface area contributed by atoms with E-state index in [-0.39, 0.29) is 10.6 Å². The number of nitrogens with one attached hydrogen (secondary N) is 1. The highest BCUT2D eigenvalue weighted by Gasteiger charge is 2.10. The first-order valence-electron chi connectivity index (χ1n) is 12.7. The van der Waals surface area contributed by atoms with E-state index >= 15 is 0 Å². The van der Waals surface area contributed by atoms with Gasteiger partial charge < -0.3 is 5.11 Å². The predicted molar refractivity (Wildman–Crippen MR) is 136 cm³/mol. The van der Waals surface area contributed by atoms with Crippen molar-refractivity contribution >= 4 is 11.7 Å². The summed E-state index contributed by atoms with van der Waals surface area (Å²) in [6.45, 7) is 0. The van der Waals surface area contributed by atoms with Crippen LogP contribution in [-0.4, -0.2) is 26.2 Å². The van der Waals surface area contributed by atoms with Crippen molar-refractivity contribution in [2.75, 3.05) is 0 Å². The molecule has 0 radical (unpaired) electrons. The standard InChI is InChI=1S/C27H39N3O4/c31-27(32)17-15-13-11-9-7-5-3-1-2-4-6-8-10-12-14-16-26-25(22-28-29-26)23-18-20-24(21-19-23)30(33)34/h1,3,18-22H,2,4-17H2,(H,28,29)(H,31,32). The number of nitro groups is 1. The number of carbonyl (C=O) groups is 1. The van der Waals surface area contributed by atoms with Crippen LogP contribution in [0.2, 0.25) is 0 Å². The Morgan fingerprint density at radius 1 is 0.882 bits per heavy atom. The molecule has 1 heterocycles. The first kappa shape index (κ1) is 27.3. The number of aromatic nitrogens is 2. The number of aryl methyl sites for hydroxylation is 1. The quantitative estimate of drug-likeness (QED) is 0.0951. The minimum absolute atomic E-state index is 0.103. The van der Waals surface area contributed by atoms with E-state index in [1.165, 1.54) is 57.1 Å². The zero-order chi connectivity index (χ0) is 24.4. The van der Waals surface area contributed by atoms with E-state index in [9.17, 15) is 14.9 Å². The van der Waals surface area contributed by atoms with Crippen molar-refractivity contribution in [3.8, 4) is 11.1 Å². The van der Waals surface area contributed by atoms with Gasteiger partial charge in [0.1, 0.15) is 0 Å². The molecule has 7 nitrogen and oxygen atoms in total. The number of aliphatic carboxylic acids is 1. The maximum Gasteiger partial charge on any atom is 0.303 e. The van der Waals surface area contributed by atoms with Gasteiger partial charge in [0.15, 0.2) is 0 Å². The zero-order valence-corrected chi connectivity index (χ0v) is 20.2. The second kappa shape index (κ2) is 16.6. The summed E-state index contributed by atoms with van der Waals surface area (Å²) in [6, 6.07) is 6.64. The summed E-state index contributed by atoms with van der Waals surface area (Å²) in [5.74, 6) is -0.688. The Kier molecular flexibility index (Phi) is 13.3. The Bertz CT molecular complexity index is 874. The Morgan fingerprint density at radius 3 is 2.03 bits per heavy atom. The molecule has 186 valence electrons. The number of nitro benzene ring substituents is 1. The molecule has 0 atom stereocenters. The molecule has 0 aliphatic carbocycles. The maximum absolute atomic E-state index is 10.8. The number of carboxylic acids is 1. The van der Waals surface area contributed by atoms with Crippen LogP contribution in [0, 0.1) is 10.1 Å². The Hall–Kier alpha value is -2.96. The minimum atomic E-state index is -0.688. The van der Waals surface area contributed by atoms with Gasteiger partial charge in [0.2, 0.25) is 0 Å². The first-order chi connectivity index (χ1) is 16.6. The number of allylic oxidation sites excluding steroid dienone is 2. The number of hydrogen-bond acceptors (Lipinski definition) is 4. The van der Waals surface area contributed by atoms with Crippen LogP contribution in [0.4, 0.5) is 5.69 Å². The fourth-order valence-electron chi connectivity index (χ4n) is 4.09. The third-order valence-corrected chi connectivity index (χ3v) is 6.08. The number of hydrogen-bond donors (Lipinski definition) is 2. The number of benzene rings is 1. The normalized spacial score (nSPS) is 11.3. The van der Waals surface area contributed by atoms with Crippen molar-refractivity contribution in [1.29, 1.82) is 0 Å². The summed E-state index contributed by atoms with van der Waals surface area (Å²) in [6.07, 6.45) is 22.6. The van der Waals surface area contributed by atoms with Crippen molar-refractivity contribution < 1.29 is 14.8 Å². The molecule has 1 aromatic carbocycles. The molecule has 0 spiro atoms. The van der Waals surface area contributed by atoms with Gasteiger partial charge in [-0.15, -0.1) is 0 Å². The highest BCUT2D eigenvalue weighted by molar-refractivity contribution is 5.67. The summed E-state index contributed by atoms with van der Waals surface area (Å²) in [5, 5.41) is 26.7. The molecule has 0 saturated carbocycles. The van der Waals surface area contributed by atoms with E-state index in [4.69, 9.17) is 5.11 Å². The van der Waals surface area contributed by atoms with Crippen LogP contribution in [0.15, 0.2) is 42.6 Å². The van der Waals surface area contributed by atoms with Gasteiger partial charge in [-0.1, -0.05) is 57.1 Å². The fraction of sp³-hybridized carbons (Fsp3) is 0.556. The van der Waals surface area contributed by atoms with E-state index in [1.807, 2.05) is 0 Å². The molecule has 0 aliphatic heterocycles. The molecule has 0 fully saturated rings. The van der Waals surface area contributed by atoms with E-state index in [0.717, 1.165) is 61.8 Å². The van der Waals surface area contributed by atoms with Gasteiger partial charge in [0, 0.05) is 29.8 Å². The van der Waals surface area contributed by atoms with Gasteiger partial charge in [-0.3, -0.25) is 20.0 Å². The molecule has 7 heteroatoms. The SMILES string of the molecule is O=C(O)CCCCCCCC=CCCCCCCCCc1[nH]ncc1-c1ccc([N+](=O)[O-])cc1. The summed E-state index contributed by atoms with van der Waals surface area (Å²) in [4.78, 5) is 20.9. The number of nitrogens with zero attached hydrogens (tertiary/aromatic N) is 2. The van der Waals surface area contributed by atoms with E-state index < -0.39 is 5.97 Å². The Balaban J connectivity index is 1.46. The predicted octanol–water partition coefficient (Wildman–Crippen LogP) is 7.63. The van der Waals surface area contributed by atoms with Gasteiger partial charge in [-0.25, -0.2) is 0 Å². The van der Waals surface area contributed by atoms with Crippen LogP contribution in [0.25, 0.3) is 11.1 Å². The molecule has 1 aromatic heterocycles. The zero-order valence-electron chi connectivity index (χ0n) is 20.2. The molecule has 2 rings (SSSR count). The smallest absolute Gasteiger partial charge is 0.303 e. The Morgan fingerprint density at radius 2 is 1.44 bits per heavy atom. The second-order valence-electron chi connectivity index (χ2n) is 8.90. The summed E-state index contributed by atoms with van der Waals surface area (Å²) in [5.41, 5.74) is 3.18. The molecule has 0 aliphatic rings. The molecule has 0 saturated heterocycles. The fourth-order valence-corrected chi connectivity index (χ4v) is 4.09. The highest BCUT2D eigenvalue weighted by Crippen LogP contribution is 2.25. The Labute approximate surface area is 202 Å². The van der Waals surface area contributed by atoms with Crippen LogP contribution in [0.5, 0.6) is 0 Å². The number of H-pyrrole nitrogens is 1. The lowest BCUT2D eigenvalue weighted by atomic mass is 10.0. The summed E-state index contributed by atoms with van der Waals surface area (Å²) < 4.78 is 0. The van der Waals surface area contributed by atoms with E-state index in [2.05, 4.69) is 22.3 Å². The molecular formula is C27H39N3O4. The molecular weight excluding hydrogens is 430 g/mol. The molecule has 0 unspecified atom stereocenters. The van der Waals surface area contributed by atoms with Crippen molar-refractivity contribution in [3.05, 3.63) is 58.4 Å². The van der Waals surface area contributed by atoms with Crippen molar-refractivity contribution in [3.63, 3.8) is 0 Å². The molecule has 34 heavy (non-hydrogen) atoms. The highest BCUT2D eigenvalue weighted by atomic mass is 16.6. The molecule has 0 amide bonds. The number of non-ortho nitro benzene ring substituents is 1. The monoisotopic (exact) mass is 469 g/mol. The third kappa shape index (κ3) is 11.3. The van der Waals surface area contributed by atoms with Crippen LogP contribution in [-0.2, 0) is 11.2 Å². The summed E-state index contributed by atoms with van der Waals surface area (Å²) in [7, 11) is 0. The number of carboxylic acid groups (broad SMARTS) is 1. The minimum Gasteiger partial charge on any atom is -0.481 e. The van der Waals surface area contributed by atoms with Crippen molar-refractivity contribution in [2.24, 2.45) is 0 Å². The molecule has 2 aromatic rings. The van der Waals surface area contributed by atoms with Crippen LogP contribution in [0.3, 0.4) is 0 Å². The van der Waals surface area contributed by atoms with Gasteiger partial charge in [0.25, 0.3) is 5.69 Å². The maximum atomic E-state index is 10.8. The second-order valence-corrected chi connectivity index (χ2v) is 8.90. The van der Waals surface area contributed by atoms with Crippen molar-refractivity contribution in [1.82, 2.24) is 10.2 Å². The lowest BCUT2D eigenvalue weighted by Crippen LogP contribution is -1.93. The third-order valence-electron chi connectivity index (χ3n) is 6.08. The molecule has 2 N–H and O–H groups in total. The van der Waals surface area contributed by atoms with Gasteiger partial charge in [0.05, 0.1) is 11.1 Å². The van der Waals surface area contributed by atoms with Crippen LogP contribution in [0.1, 0.15) is 95.6 Å². The first-order valence-corrected chi connectivity index (χ1v) is 12.7. The lowest BCUT2D eigenvalue weighted by Gasteiger charge is -2.04. The topological polar surface area (TPSA) is 109 Å². The van der Waals surface area contributed by atoms with Crippen molar-refractivity contribution in [2.45, 2.75) is 96.3 Å². The average Bonchev–Trinajstić information content (AvgIpc) is 3.29. The lowest BCUT2D eigenvalue weighted by molar-refractivity contribution is -0.384. The van der Waals surface area contributed by atoms with Gasteiger partial charge in [-0.05, 0) is 62.6 Å². The number of unbranched alkanes of at least 4 members (excludes halogenated alkanes) is 11. The molecule has 0 bridgehead atoms. The van der Waals surface area contributed by atoms with Crippen LogP contribution >= 0.6 is 0 Å². The van der Waals surface area contributed by atoms with E-state index in [0.29, 0.717) is 6.42 Å². The van der Waals surface area contributed by atoms with Gasteiger partial charge >= 0.3 is 5.97 Å². The average molecular weight is 470 g/mol. The van der Waals surface area contributed by atoms with E-state index in [1.54, 1.807) is 18.3 Å². The van der Waals surface area contributed by atoms with Gasteiger partial charge in [-0.2, -0.15) is 5.10 Å².